The summed E-state index contributed by atoms with van der Waals surface area (Å²) in [6.07, 6.45) is 5.50. The topological polar surface area (TPSA) is 60.2 Å². The van der Waals surface area contributed by atoms with Gasteiger partial charge in [0.05, 0.1) is 0 Å². The van der Waals surface area contributed by atoms with Crippen molar-refractivity contribution < 1.29 is 9.26 Å². The Kier molecular flexibility index (Phi) is 4.08. The first-order chi connectivity index (χ1) is 9.67. The van der Waals surface area contributed by atoms with Gasteiger partial charge in [0, 0.05) is 13.0 Å². The van der Waals surface area contributed by atoms with Crippen LogP contribution < -0.4 is 5.32 Å². The SMILES string of the molecule is CC(Cc1nc(C2(C)CCCO2)no1)C1CCCNC1. The highest BCUT2D eigenvalue weighted by Crippen LogP contribution is 2.34. The third-order valence-corrected chi connectivity index (χ3v) is 4.80. The third-order valence-electron chi connectivity index (χ3n) is 4.80. The number of ether oxygens (including phenoxy) is 1. The van der Waals surface area contributed by atoms with Crippen LogP contribution in [0.3, 0.4) is 0 Å². The highest BCUT2D eigenvalue weighted by Gasteiger charge is 2.36. The van der Waals surface area contributed by atoms with Crippen molar-refractivity contribution in [2.45, 2.75) is 51.6 Å². The Morgan fingerprint density at radius 1 is 1.45 bits per heavy atom. The molecule has 20 heavy (non-hydrogen) atoms. The summed E-state index contributed by atoms with van der Waals surface area (Å²) in [5.74, 6) is 2.78. The summed E-state index contributed by atoms with van der Waals surface area (Å²) in [5.41, 5.74) is -0.336. The molecule has 3 unspecified atom stereocenters. The molecular weight excluding hydrogens is 254 g/mol. The monoisotopic (exact) mass is 279 g/mol. The Morgan fingerprint density at radius 2 is 2.35 bits per heavy atom. The average molecular weight is 279 g/mol. The smallest absolute Gasteiger partial charge is 0.227 e. The first-order valence-corrected chi connectivity index (χ1v) is 7.85. The summed E-state index contributed by atoms with van der Waals surface area (Å²) in [6, 6.07) is 0. The molecule has 5 nitrogen and oxygen atoms in total. The molecule has 0 amide bonds. The Bertz CT molecular complexity index is 434. The van der Waals surface area contributed by atoms with Crippen molar-refractivity contribution in [3.63, 3.8) is 0 Å². The second-order valence-corrected chi connectivity index (χ2v) is 6.48. The van der Waals surface area contributed by atoms with Crippen molar-refractivity contribution in [3.8, 4) is 0 Å². The molecule has 2 aliphatic heterocycles. The molecule has 1 aromatic heterocycles. The van der Waals surface area contributed by atoms with Crippen LogP contribution in [0.4, 0.5) is 0 Å². The fourth-order valence-electron chi connectivity index (χ4n) is 3.31. The normalized spacial score (nSPS) is 32.4. The van der Waals surface area contributed by atoms with E-state index in [-0.39, 0.29) is 5.60 Å². The zero-order chi connectivity index (χ0) is 14.0. The minimum atomic E-state index is -0.336. The van der Waals surface area contributed by atoms with Gasteiger partial charge in [-0.1, -0.05) is 12.1 Å². The summed E-state index contributed by atoms with van der Waals surface area (Å²) in [5, 5.41) is 7.61. The van der Waals surface area contributed by atoms with E-state index in [2.05, 4.69) is 29.3 Å². The predicted octanol–water partition coefficient (Wildman–Crippen LogP) is 2.27. The molecule has 1 N–H and O–H groups in total. The lowest BCUT2D eigenvalue weighted by Crippen LogP contribution is -2.34. The van der Waals surface area contributed by atoms with E-state index in [9.17, 15) is 0 Å². The summed E-state index contributed by atoms with van der Waals surface area (Å²) >= 11 is 0. The molecule has 2 fully saturated rings. The number of aromatic nitrogens is 2. The lowest BCUT2D eigenvalue weighted by atomic mass is 9.85. The summed E-state index contributed by atoms with van der Waals surface area (Å²) in [7, 11) is 0. The van der Waals surface area contributed by atoms with E-state index in [1.165, 1.54) is 12.8 Å². The zero-order valence-electron chi connectivity index (χ0n) is 12.5. The van der Waals surface area contributed by atoms with Gasteiger partial charge in [-0.05, 0) is 57.5 Å². The number of nitrogens with one attached hydrogen (secondary N) is 1. The zero-order valence-corrected chi connectivity index (χ0v) is 12.5. The van der Waals surface area contributed by atoms with Crippen molar-refractivity contribution >= 4 is 0 Å². The molecule has 0 aliphatic carbocycles. The maximum Gasteiger partial charge on any atom is 0.227 e. The summed E-state index contributed by atoms with van der Waals surface area (Å²) in [6.45, 7) is 7.41. The lowest BCUT2D eigenvalue weighted by molar-refractivity contribution is 0.00768. The van der Waals surface area contributed by atoms with Crippen molar-refractivity contribution in [2.75, 3.05) is 19.7 Å². The number of nitrogens with zero attached hydrogens (tertiary/aromatic N) is 2. The van der Waals surface area contributed by atoms with Gasteiger partial charge < -0.3 is 14.6 Å². The van der Waals surface area contributed by atoms with Gasteiger partial charge in [0.2, 0.25) is 11.7 Å². The van der Waals surface area contributed by atoms with Gasteiger partial charge in [-0.15, -0.1) is 0 Å². The van der Waals surface area contributed by atoms with Crippen LogP contribution in [0.15, 0.2) is 4.52 Å². The summed E-state index contributed by atoms with van der Waals surface area (Å²) in [4.78, 5) is 4.58. The maximum atomic E-state index is 5.77. The van der Waals surface area contributed by atoms with E-state index in [4.69, 9.17) is 9.26 Å². The largest absolute Gasteiger partial charge is 0.367 e. The molecule has 0 bridgehead atoms. The third kappa shape index (κ3) is 2.88. The molecule has 0 spiro atoms. The van der Waals surface area contributed by atoms with E-state index in [0.29, 0.717) is 5.92 Å². The van der Waals surface area contributed by atoms with Gasteiger partial charge >= 0.3 is 0 Å². The number of rotatable bonds is 4. The van der Waals surface area contributed by atoms with Gasteiger partial charge in [-0.3, -0.25) is 0 Å². The van der Waals surface area contributed by atoms with Crippen molar-refractivity contribution in [3.05, 3.63) is 11.7 Å². The molecule has 2 aliphatic rings. The van der Waals surface area contributed by atoms with E-state index >= 15 is 0 Å². The van der Waals surface area contributed by atoms with Crippen LogP contribution in [-0.4, -0.2) is 29.8 Å². The van der Waals surface area contributed by atoms with Gasteiger partial charge in [-0.2, -0.15) is 4.98 Å². The van der Waals surface area contributed by atoms with Gasteiger partial charge in [0.15, 0.2) is 0 Å². The molecule has 3 heterocycles. The van der Waals surface area contributed by atoms with Crippen LogP contribution in [0.1, 0.15) is 51.2 Å². The van der Waals surface area contributed by atoms with Crippen LogP contribution in [0.5, 0.6) is 0 Å². The van der Waals surface area contributed by atoms with Crippen LogP contribution in [-0.2, 0) is 16.8 Å². The number of piperidine rings is 1. The molecular formula is C15H25N3O2. The van der Waals surface area contributed by atoms with E-state index in [1.54, 1.807) is 0 Å². The molecule has 0 aromatic carbocycles. The fraction of sp³-hybridized carbons (Fsp3) is 0.867. The molecule has 2 saturated heterocycles. The van der Waals surface area contributed by atoms with Crippen molar-refractivity contribution in [2.24, 2.45) is 11.8 Å². The van der Waals surface area contributed by atoms with E-state index in [1.807, 2.05) is 0 Å². The van der Waals surface area contributed by atoms with Crippen LogP contribution in [0.2, 0.25) is 0 Å². The predicted molar refractivity (Wildman–Crippen MR) is 75.3 cm³/mol. The molecule has 0 radical (unpaired) electrons. The molecule has 3 rings (SSSR count). The van der Waals surface area contributed by atoms with Crippen molar-refractivity contribution in [1.29, 1.82) is 0 Å². The van der Waals surface area contributed by atoms with Gasteiger partial charge in [0.25, 0.3) is 0 Å². The highest BCUT2D eigenvalue weighted by atomic mass is 16.5. The van der Waals surface area contributed by atoms with Crippen LogP contribution >= 0.6 is 0 Å². The second kappa shape index (κ2) is 5.82. The number of hydrogen-bond donors (Lipinski definition) is 1. The Balaban J connectivity index is 1.62. The maximum absolute atomic E-state index is 5.77. The second-order valence-electron chi connectivity index (χ2n) is 6.48. The molecule has 3 atom stereocenters. The lowest BCUT2D eigenvalue weighted by Gasteiger charge is -2.27. The van der Waals surface area contributed by atoms with Gasteiger partial charge in [-0.25, -0.2) is 0 Å². The molecule has 1 aromatic rings. The highest BCUT2D eigenvalue weighted by molar-refractivity contribution is 5.02. The minimum absolute atomic E-state index is 0.336. The minimum Gasteiger partial charge on any atom is -0.367 e. The van der Waals surface area contributed by atoms with Crippen molar-refractivity contribution in [1.82, 2.24) is 15.5 Å². The molecule has 5 heteroatoms. The quantitative estimate of drug-likeness (QED) is 0.916. The Hall–Kier alpha value is -0.940. The first-order valence-electron chi connectivity index (χ1n) is 7.85. The molecule has 0 saturated carbocycles. The Labute approximate surface area is 120 Å². The summed E-state index contributed by atoms with van der Waals surface area (Å²) < 4.78 is 11.2. The average Bonchev–Trinajstić information content (AvgIpc) is 3.10. The van der Waals surface area contributed by atoms with Crippen LogP contribution in [0.25, 0.3) is 0 Å². The fourth-order valence-corrected chi connectivity index (χ4v) is 3.31. The van der Waals surface area contributed by atoms with E-state index in [0.717, 1.165) is 56.6 Å². The molecule has 112 valence electrons. The first kappa shape index (κ1) is 14.0. The Morgan fingerprint density at radius 3 is 3.05 bits per heavy atom. The standard InChI is InChI=1S/C15H25N3O2/c1-11(12-5-3-7-16-10-12)9-13-17-14(18-20-13)15(2)6-4-8-19-15/h11-12,16H,3-10H2,1-2H3. The van der Waals surface area contributed by atoms with Crippen LogP contribution in [0, 0.1) is 11.8 Å². The van der Waals surface area contributed by atoms with E-state index < -0.39 is 0 Å². The van der Waals surface area contributed by atoms with Gasteiger partial charge in [0.1, 0.15) is 5.60 Å². The number of hydrogen-bond acceptors (Lipinski definition) is 5.